The lowest BCUT2D eigenvalue weighted by Gasteiger charge is -2.38. The Labute approximate surface area is 118 Å². The number of nitrogens with two attached hydrogens (primary N) is 1. The average molecular weight is 273 g/mol. The second-order valence-electron chi connectivity index (χ2n) is 5.30. The van der Waals surface area contributed by atoms with Crippen molar-refractivity contribution in [1.29, 1.82) is 0 Å². The molecule has 5 nitrogen and oxygen atoms in total. The van der Waals surface area contributed by atoms with Crippen molar-refractivity contribution in [3.05, 3.63) is 36.4 Å². The minimum atomic E-state index is -0.248. The molecule has 0 saturated carbocycles. The first kappa shape index (κ1) is 12.8. The van der Waals surface area contributed by atoms with Gasteiger partial charge in [-0.25, -0.2) is 4.79 Å². The number of rotatable bonds is 2. The summed E-state index contributed by atoms with van der Waals surface area (Å²) < 4.78 is 4.85. The molecule has 2 heterocycles. The number of nitrogens with zero attached hydrogens (tertiary/aromatic N) is 1. The summed E-state index contributed by atoms with van der Waals surface area (Å²) in [6, 6.07) is 8.30. The van der Waals surface area contributed by atoms with E-state index in [0.717, 1.165) is 24.2 Å². The number of fused-ring (bicyclic) bond motifs is 2. The van der Waals surface area contributed by atoms with Gasteiger partial charge in [-0.15, -0.1) is 0 Å². The predicted octanol–water partition coefficient (Wildman–Crippen LogP) is 2.22. The Balaban J connectivity index is 1.69. The number of amides is 1. The zero-order valence-corrected chi connectivity index (χ0v) is 11.5. The first-order valence-corrected chi connectivity index (χ1v) is 6.84. The van der Waals surface area contributed by atoms with Crippen LogP contribution >= 0.6 is 0 Å². The van der Waals surface area contributed by atoms with Crippen molar-refractivity contribution in [3.8, 4) is 0 Å². The van der Waals surface area contributed by atoms with Crippen LogP contribution in [0.15, 0.2) is 36.4 Å². The van der Waals surface area contributed by atoms with E-state index in [1.54, 1.807) is 0 Å². The summed E-state index contributed by atoms with van der Waals surface area (Å²) in [4.78, 5) is 13.6. The van der Waals surface area contributed by atoms with Gasteiger partial charge in [0.1, 0.15) is 0 Å². The average Bonchev–Trinajstić information content (AvgIpc) is 2.72. The van der Waals surface area contributed by atoms with E-state index in [2.05, 4.69) is 17.5 Å². The molecule has 2 unspecified atom stereocenters. The molecule has 1 fully saturated rings. The molecule has 106 valence electrons. The molecule has 20 heavy (non-hydrogen) atoms. The molecule has 0 radical (unpaired) electrons. The van der Waals surface area contributed by atoms with Gasteiger partial charge in [0.25, 0.3) is 0 Å². The summed E-state index contributed by atoms with van der Waals surface area (Å²) in [5.74, 6) is 0. The van der Waals surface area contributed by atoms with Crippen LogP contribution in [0.25, 0.3) is 0 Å². The number of benzene rings is 1. The summed E-state index contributed by atoms with van der Waals surface area (Å²) in [5, 5.41) is 3.48. The number of para-hydroxylation sites is 2. The standard InChI is InChI=1S/C15H19N3O2/c1-20-15(19)18-11-6-7-12(18)9-10(8-11)17-14-5-3-2-4-13(14)16/h2-7,10-12,17H,8-9,16H2,1H3. The molecule has 2 aliphatic rings. The van der Waals surface area contributed by atoms with Gasteiger partial charge in [0, 0.05) is 6.04 Å². The monoisotopic (exact) mass is 273 g/mol. The molecule has 3 N–H and O–H groups in total. The molecule has 1 amide bonds. The maximum Gasteiger partial charge on any atom is 0.410 e. The lowest BCUT2D eigenvalue weighted by atomic mass is 9.96. The fraction of sp³-hybridized carbons (Fsp3) is 0.400. The summed E-state index contributed by atoms with van der Waals surface area (Å²) >= 11 is 0. The highest BCUT2D eigenvalue weighted by Gasteiger charge is 2.40. The molecule has 0 aromatic heterocycles. The zero-order valence-electron chi connectivity index (χ0n) is 11.5. The number of nitrogens with one attached hydrogen (secondary N) is 1. The van der Waals surface area contributed by atoms with Gasteiger partial charge in [-0.1, -0.05) is 24.3 Å². The van der Waals surface area contributed by atoms with Gasteiger partial charge in [-0.3, -0.25) is 4.90 Å². The van der Waals surface area contributed by atoms with Crippen LogP contribution in [0.5, 0.6) is 0 Å². The Kier molecular flexibility index (Phi) is 3.26. The van der Waals surface area contributed by atoms with Gasteiger partial charge in [0.05, 0.1) is 30.6 Å². The minimum Gasteiger partial charge on any atom is -0.453 e. The normalized spacial score (nSPS) is 27.4. The van der Waals surface area contributed by atoms with Gasteiger partial charge in [-0.2, -0.15) is 0 Å². The maximum atomic E-state index is 11.8. The molecule has 0 aliphatic carbocycles. The van der Waals surface area contributed by atoms with Crippen LogP contribution in [0.2, 0.25) is 0 Å². The van der Waals surface area contributed by atoms with Gasteiger partial charge < -0.3 is 15.8 Å². The highest BCUT2D eigenvalue weighted by atomic mass is 16.5. The topological polar surface area (TPSA) is 67.6 Å². The summed E-state index contributed by atoms with van der Waals surface area (Å²) in [7, 11) is 1.43. The van der Waals surface area contributed by atoms with E-state index in [1.807, 2.05) is 29.2 Å². The highest BCUT2D eigenvalue weighted by molar-refractivity contribution is 5.70. The number of piperidine rings is 1. The van der Waals surface area contributed by atoms with Crippen LogP contribution in [-0.4, -0.2) is 36.2 Å². The summed E-state index contributed by atoms with van der Waals surface area (Å²) in [6.45, 7) is 0. The number of hydrogen-bond donors (Lipinski definition) is 2. The van der Waals surface area contributed by atoms with E-state index >= 15 is 0 Å². The summed E-state index contributed by atoms with van der Waals surface area (Å²) in [6.07, 6.45) is 5.69. The van der Waals surface area contributed by atoms with Crippen LogP contribution in [0.1, 0.15) is 12.8 Å². The Hall–Kier alpha value is -2.17. The molecule has 3 rings (SSSR count). The van der Waals surface area contributed by atoms with Crippen LogP contribution in [-0.2, 0) is 4.74 Å². The largest absolute Gasteiger partial charge is 0.453 e. The van der Waals surface area contributed by atoms with Gasteiger partial charge in [-0.05, 0) is 25.0 Å². The SMILES string of the molecule is COC(=O)N1C2C=CC1CC(Nc1ccccc1N)C2. The summed E-state index contributed by atoms with van der Waals surface area (Å²) in [5.41, 5.74) is 7.67. The second kappa shape index (κ2) is 5.07. The molecule has 0 spiro atoms. The Bertz CT molecular complexity index is 528. The number of carbonyl (C=O) groups is 1. The highest BCUT2D eigenvalue weighted by Crippen LogP contribution is 2.33. The van der Waals surface area contributed by atoms with Crippen LogP contribution in [0.4, 0.5) is 16.2 Å². The molecule has 1 aromatic carbocycles. The Morgan fingerprint density at radius 1 is 1.30 bits per heavy atom. The van der Waals surface area contributed by atoms with Crippen molar-refractivity contribution in [2.45, 2.75) is 31.0 Å². The van der Waals surface area contributed by atoms with Crippen molar-refractivity contribution < 1.29 is 9.53 Å². The maximum absolute atomic E-state index is 11.8. The number of methoxy groups -OCH3 is 1. The number of carbonyl (C=O) groups excluding carboxylic acids is 1. The Morgan fingerprint density at radius 3 is 2.55 bits per heavy atom. The molecule has 2 aliphatic heterocycles. The number of hydrogen-bond acceptors (Lipinski definition) is 4. The number of anilines is 2. The van der Waals surface area contributed by atoms with Gasteiger partial charge in [0.15, 0.2) is 0 Å². The van der Waals surface area contributed by atoms with E-state index in [9.17, 15) is 4.79 Å². The van der Waals surface area contributed by atoms with Crippen molar-refractivity contribution >= 4 is 17.5 Å². The van der Waals surface area contributed by atoms with E-state index < -0.39 is 0 Å². The molecule has 5 heteroatoms. The first-order valence-electron chi connectivity index (χ1n) is 6.84. The smallest absolute Gasteiger partial charge is 0.410 e. The van der Waals surface area contributed by atoms with E-state index in [-0.39, 0.29) is 18.2 Å². The van der Waals surface area contributed by atoms with Crippen molar-refractivity contribution in [1.82, 2.24) is 4.90 Å². The number of nitrogen functional groups attached to an aromatic ring is 1. The first-order chi connectivity index (χ1) is 9.69. The molecular formula is C15H19N3O2. The van der Waals surface area contributed by atoms with E-state index in [0.29, 0.717) is 6.04 Å². The molecule has 2 atom stereocenters. The lowest BCUT2D eigenvalue weighted by Crippen LogP contribution is -2.50. The van der Waals surface area contributed by atoms with Crippen molar-refractivity contribution in [2.24, 2.45) is 0 Å². The number of ether oxygens (including phenoxy) is 1. The van der Waals surface area contributed by atoms with Gasteiger partial charge in [0.2, 0.25) is 0 Å². The minimum absolute atomic E-state index is 0.114. The van der Waals surface area contributed by atoms with Gasteiger partial charge >= 0.3 is 6.09 Å². The predicted molar refractivity (Wildman–Crippen MR) is 78.5 cm³/mol. The zero-order chi connectivity index (χ0) is 14.1. The van der Waals surface area contributed by atoms with Crippen LogP contribution in [0.3, 0.4) is 0 Å². The van der Waals surface area contributed by atoms with Crippen molar-refractivity contribution in [2.75, 3.05) is 18.2 Å². The van der Waals surface area contributed by atoms with E-state index in [4.69, 9.17) is 10.5 Å². The van der Waals surface area contributed by atoms with Crippen molar-refractivity contribution in [3.63, 3.8) is 0 Å². The third-order valence-corrected chi connectivity index (χ3v) is 4.03. The fourth-order valence-corrected chi connectivity index (χ4v) is 3.09. The second-order valence-corrected chi connectivity index (χ2v) is 5.30. The quantitative estimate of drug-likeness (QED) is 0.640. The fourth-order valence-electron chi connectivity index (χ4n) is 3.09. The molecule has 2 bridgehead atoms. The molecule has 1 aromatic rings. The third-order valence-electron chi connectivity index (χ3n) is 4.03. The van der Waals surface area contributed by atoms with E-state index in [1.165, 1.54) is 7.11 Å². The van der Waals surface area contributed by atoms with Crippen LogP contribution < -0.4 is 11.1 Å². The lowest BCUT2D eigenvalue weighted by molar-refractivity contribution is 0.0895. The van der Waals surface area contributed by atoms with Crippen LogP contribution in [0, 0.1) is 0 Å². The molecular weight excluding hydrogens is 254 g/mol. The Morgan fingerprint density at radius 2 is 1.95 bits per heavy atom. The third kappa shape index (κ3) is 2.19. The molecule has 1 saturated heterocycles.